The van der Waals surface area contributed by atoms with E-state index in [0.717, 1.165) is 5.56 Å². The Kier molecular flexibility index (Phi) is 5.60. The van der Waals surface area contributed by atoms with Crippen LogP contribution in [0.3, 0.4) is 0 Å². The Balaban J connectivity index is 2.03. The van der Waals surface area contributed by atoms with Gasteiger partial charge in [0.15, 0.2) is 6.61 Å². The van der Waals surface area contributed by atoms with Gasteiger partial charge < -0.3 is 15.2 Å². The van der Waals surface area contributed by atoms with Crippen LogP contribution in [0.1, 0.15) is 28.9 Å². The van der Waals surface area contributed by atoms with Gasteiger partial charge >= 0.3 is 5.97 Å². The molecule has 1 amide bonds. The zero-order valence-electron chi connectivity index (χ0n) is 12.5. The van der Waals surface area contributed by atoms with Crippen LogP contribution in [0.25, 0.3) is 0 Å². The lowest BCUT2D eigenvalue weighted by Gasteiger charge is -2.14. The highest BCUT2D eigenvalue weighted by atomic mass is 35.5. The van der Waals surface area contributed by atoms with Crippen LogP contribution in [0.15, 0.2) is 48.5 Å². The molecule has 2 aromatic carbocycles. The molecule has 0 spiro atoms. The third kappa shape index (κ3) is 5.00. The molecule has 0 aromatic heterocycles. The summed E-state index contributed by atoms with van der Waals surface area (Å²) in [7, 11) is 0. The van der Waals surface area contributed by atoms with E-state index in [-0.39, 0.29) is 6.61 Å². The molecule has 0 heterocycles. The fourth-order valence-electron chi connectivity index (χ4n) is 1.90. The van der Waals surface area contributed by atoms with Crippen molar-refractivity contribution in [2.24, 2.45) is 5.73 Å². The molecule has 2 aromatic rings. The summed E-state index contributed by atoms with van der Waals surface area (Å²) in [5.41, 5.74) is 6.18. The topological polar surface area (TPSA) is 78.6 Å². The predicted octanol–water partition coefficient (Wildman–Crippen LogP) is 3.12. The SMILES string of the molecule is CC(OC(=O)c1cccc(OCC(N)=O)c1)c1ccc(Cl)cc1. The zero-order valence-corrected chi connectivity index (χ0v) is 13.2. The smallest absolute Gasteiger partial charge is 0.338 e. The van der Waals surface area contributed by atoms with E-state index < -0.39 is 18.0 Å². The number of rotatable bonds is 6. The van der Waals surface area contributed by atoms with Crippen molar-refractivity contribution in [3.63, 3.8) is 0 Å². The highest BCUT2D eigenvalue weighted by Gasteiger charge is 2.14. The quantitative estimate of drug-likeness (QED) is 0.824. The molecular weight excluding hydrogens is 318 g/mol. The average Bonchev–Trinajstić information content (AvgIpc) is 2.53. The van der Waals surface area contributed by atoms with Crippen molar-refractivity contribution in [1.82, 2.24) is 0 Å². The fraction of sp³-hybridized carbons (Fsp3) is 0.176. The van der Waals surface area contributed by atoms with E-state index in [0.29, 0.717) is 16.3 Å². The minimum absolute atomic E-state index is 0.250. The number of halogens is 1. The van der Waals surface area contributed by atoms with E-state index in [9.17, 15) is 9.59 Å². The molecule has 2 rings (SSSR count). The van der Waals surface area contributed by atoms with Crippen LogP contribution in [0, 0.1) is 0 Å². The van der Waals surface area contributed by atoms with E-state index in [1.807, 2.05) is 0 Å². The molecule has 0 saturated carbocycles. The van der Waals surface area contributed by atoms with Crippen molar-refractivity contribution >= 4 is 23.5 Å². The lowest BCUT2D eigenvalue weighted by molar-refractivity contribution is -0.119. The Morgan fingerprint density at radius 1 is 1.17 bits per heavy atom. The summed E-state index contributed by atoms with van der Waals surface area (Å²) >= 11 is 5.83. The van der Waals surface area contributed by atoms with Crippen molar-refractivity contribution in [2.45, 2.75) is 13.0 Å². The number of benzene rings is 2. The molecule has 2 N–H and O–H groups in total. The normalized spacial score (nSPS) is 11.6. The maximum Gasteiger partial charge on any atom is 0.338 e. The van der Waals surface area contributed by atoms with Gasteiger partial charge in [0.25, 0.3) is 5.91 Å². The first-order chi connectivity index (χ1) is 11.0. The summed E-state index contributed by atoms with van der Waals surface area (Å²) in [4.78, 5) is 22.9. The number of amides is 1. The van der Waals surface area contributed by atoms with Gasteiger partial charge in [-0.2, -0.15) is 0 Å². The molecule has 0 fully saturated rings. The molecule has 1 unspecified atom stereocenters. The van der Waals surface area contributed by atoms with Crippen LogP contribution in [0.5, 0.6) is 5.75 Å². The fourth-order valence-corrected chi connectivity index (χ4v) is 2.02. The Morgan fingerprint density at radius 3 is 2.52 bits per heavy atom. The van der Waals surface area contributed by atoms with E-state index in [4.69, 9.17) is 26.8 Å². The Bertz CT molecular complexity index is 700. The first-order valence-electron chi connectivity index (χ1n) is 6.93. The second kappa shape index (κ2) is 7.65. The van der Waals surface area contributed by atoms with Crippen molar-refractivity contribution in [2.75, 3.05) is 6.61 Å². The number of carbonyl (C=O) groups is 2. The van der Waals surface area contributed by atoms with Crippen LogP contribution < -0.4 is 10.5 Å². The minimum atomic E-state index is -0.589. The van der Waals surface area contributed by atoms with Crippen molar-refractivity contribution in [1.29, 1.82) is 0 Å². The third-order valence-corrected chi connectivity index (χ3v) is 3.33. The van der Waals surface area contributed by atoms with Gasteiger partial charge in [-0.25, -0.2) is 4.79 Å². The number of carbonyl (C=O) groups excluding carboxylic acids is 2. The van der Waals surface area contributed by atoms with Crippen LogP contribution in [-0.4, -0.2) is 18.5 Å². The summed E-state index contributed by atoms with van der Waals surface area (Å²) < 4.78 is 10.6. The van der Waals surface area contributed by atoms with E-state index in [2.05, 4.69) is 0 Å². The number of esters is 1. The van der Waals surface area contributed by atoms with Gasteiger partial charge in [-0.05, 0) is 42.8 Å². The van der Waals surface area contributed by atoms with E-state index in [1.165, 1.54) is 6.07 Å². The Labute approximate surface area is 139 Å². The van der Waals surface area contributed by atoms with Crippen LogP contribution in [-0.2, 0) is 9.53 Å². The van der Waals surface area contributed by atoms with Crippen LogP contribution in [0.4, 0.5) is 0 Å². The summed E-state index contributed by atoms with van der Waals surface area (Å²) in [5, 5.41) is 0.617. The summed E-state index contributed by atoms with van der Waals surface area (Å²) in [5.74, 6) is -0.705. The molecule has 120 valence electrons. The maximum absolute atomic E-state index is 12.2. The molecule has 5 nitrogen and oxygen atoms in total. The first-order valence-corrected chi connectivity index (χ1v) is 7.31. The highest BCUT2D eigenvalue weighted by Crippen LogP contribution is 2.22. The second-order valence-corrected chi connectivity index (χ2v) is 5.32. The van der Waals surface area contributed by atoms with Crippen molar-refractivity contribution < 1.29 is 19.1 Å². The summed E-state index contributed by atoms with van der Waals surface area (Å²) in [6.07, 6.45) is -0.421. The van der Waals surface area contributed by atoms with Gasteiger partial charge in [-0.1, -0.05) is 29.8 Å². The van der Waals surface area contributed by atoms with Crippen molar-refractivity contribution in [3.8, 4) is 5.75 Å². The highest BCUT2D eigenvalue weighted by molar-refractivity contribution is 6.30. The molecule has 0 saturated heterocycles. The molecular formula is C17H16ClNO4. The van der Waals surface area contributed by atoms with Crippen LogP contribution >= 0.6 is 11.6 Å². The lowest BCUT2D eigenvalue weighted by Crippen LogP contribution is -2.20. The maximum atomic E-state index is 12.2. The van der Waals surface area contributed by atoms with Gasteiger partial charge in [0.1, 0.15) is 11.9 Å². The molecule has 6 heteroatoms. The molecule has 0 aliphatic heterocycles. The number of nitrogens with two attached hydrogens (primary N) is 1. The number of hydrogen-bond acceptors (Lipinski definition) is 4. The predicted molar refractivity (Wildman–Crippen MR) is 86.4 cm³/mol. The monoisotopic (exact) mass is 333 g/mol. The number of ether oxygens (including phenoxy) is 2. The van der Waals surface area contributed by atoms with Crippen LogP contribution in [0.2, 0.25) is 5.02 Å². The molecule has 0 bridgehead atoms. The van der Waals surface area contributed by atoms with Gasteiger partial charge in [-0.3, -0.25) is 4.79 Å². The molecule has 0 aliphatic rings. The van der Waals surface area contributed by atoms with Crippen molar-refractivity contribution in [3.05, 3.63) is 64.7 Å². The largest absolute Gasteiger partial charge is 0.484 e. The Hall–Kier alpha value is -2.53. The third-order valence-electron chi connectivity index (χ3n) is 3.07. The minimum Gasteiger partial charge on any atom is -0.484 e. The number of primary amides is 1. The number of hydrogen-bond donors (Lipinski definition) is 1. The zero-order chi connectivity index (χ0) is 16.8. The standard InChI is InChI=1S/C17H16ClNO4/c1-11(12-5-7-14(18)8-6-12)23-17(21)13-3-2-4-15(9-13)22-10-16(19)20/h2-9,11H,10H2,1H3,(H2,19,20). The molecule has 0 radical (unpaired) electrons. The summed E-state index contributed by atoms with van der Waals surface area (Å²) in [6.45, 7) is 1.52. The average molecular weight is 334 g/mol. The van der Waals surface area contributed by atoms with Gasteiger partial charge in [0.05, 0.1) is 5.56 Å². The molecule has 23 heavy (non-hydrogen) atoms. The lowest BCUT2D eigenvalue weighted by atomic mass is 10.1. The van der Waals surface area contributed by atoms with E-state index in [1.54, 1.807) is 49.4 Å². The van der Waals surface area contributed by atoms with Gasteiger partial charge in [0, 0.05) is 5.02 Å². The molecule has 1 atom stereocenters. The molecule has 0 aliphatic carbocycles. The summed E-state index contributed by atoms with van der Waals surface area (Å²) in [6, 6.07) is 13.4. The van der Waals surface area contributed by atoms with E-state index >= 15 is 0 Å². The van der Waals surface area contributed by atoms with Gasteiger partial charge in [0.2, 0.25) is 0 Å². The first kappa shape index (κ1) is 16.8. The van der Waals surface area contributed by atoms with Gasteiger partial charge in [-0.15, -0.1) is 0 Å². The second-order valence-electron chi connectivity index (χ2n) is 4.88. The Morgan fingerprint density at radius 2 is 1.87 bits per heavy atom.